The molecule has 4 heteroatoms. The van der Waals surface area contributed by atoms with Gasteiger partial charge in [-0.3, -0.25) is 4.99 Å². The Bertz CT molecular complexity index is 273. The van der Waals surface area contributed by atoms with E-state index in [-0.39, 0.29) is 0 Å². The quantitative estimate of drug-likeness (QED) is 0.849. The summed E-state index contributed by atoms with van der Waals surface area (Å²) in [4.78, 5) is 4.79. The Hall–Kier alpha value is 0.170. The summed E-state index contributed by atoms with van der Waals surface area (Å²) in [5.74, 6) is 2.47. The molecule has 0 aromatic heterocycles. The highest BCUT2D eigenvalue weighted by Crippen LogP contribution is 2.43. The van der Waals surface area contributed by atoms with Crippen LogP contribution >= 0.6 is 23.5 Å². The van der Waals surface area contributed by atoms with E-state index in [1.165, 1.54) is 48.8 Å². The molecule has 1 aliphatic heterocycles. The first-order valence-electron chi connectivity index (χ1n) is 6.71. The van der Waals surface area contributed by atoms with Gasteiger partial charge in [0, 0.05) is 24.1 Å². The Morgan fingerprint density at radius 3 is 2.76 bits per heavy atom. The summed E-state index contributed by atoms with van der Waals surface area (Å²) in [6.07, 6.45) is 9.00. The van der Waals surface area contributed by atoms with Crippen LogP contribution in [0.1, 0.15) is 39.0 Å². The summed E-state index contributed by atoms with van der Waals surface area (Å²) in [5.41, 5.74) is 0.567. The van der Waals surface area contributed by atoms with Crippen LogP contribution in [0.2, 0.25) is 0 Å². The molecule has 0 radical (unpaired) electrons. The number of rotatable bonds is 4. The third-order valence-corrected chi connectivity index (χ3v) is 5.94. The largest absolute Gasteiger partial charge is 0.361 e. The van der Waals surface area contributed by atoms with E-state index in [9.17, 15) is 0 Å². The van der Waals surface area contributed by atoms with E-state index < -0.39 is 0 Å². The number of hydrogen-bond donors (Lipinski definition) is 1. The molecule has 1 aliphatic carbocycles. The van der Waals surface area contributed by atoms with Crippen molar-refractivity contribution in [3.8, 4) is 0 Å². The van der Waals surface area contributed by atoms with Crippen LogP contribution in [0.25, 0.3) is 0 Å². The number of aliphatic imine (C=N–C) groups is 1. The maximum Gasteiger partial charge on any atom is 0.156 e. The molecule has 0 aromatic rings. The van der Waals surface area contributed by atoms with Crippen molar-refractivity contribution >= 4 is 28.7 Å². The van der Waals surface area contributed by atoms with Crippen molar-refractivity contribution in [1.82, 2.24) is 5.32 Å². The summed E-state index contributed by atoms with van der Waals surface area (Å²) in [6, 6.07) is 0.592. The van der Waals surface area contributed by atoms with Crippen LogP contribution in [0, 0.1) is 5.41 Å². The van der Waals surface area contributed by atoms with Gasteiger partial charge in [-0.2, -0.15) is 11.8 Å². The third kappa shape index (κ3) is 3.57. The zero-order chi connectivity index (χ0) is 12.1. The SMILES string of the molecule is CCC(CSC)NC1=NCC2(CCCC2)CS1. The number of thioether (sulfide) groups is 2. The van der Waals surface area contributed by atoms with E-state index in [0.29, 0.717) is 11.5 Å². The molecule has 1 heterocycles. The van der Waals surface area contributed by atoms with Crippen LogP contribution in [0.4, 0.5) is 0 Å². The summed E-state index contributed by atoms with van der Waals surface area (Å²) in [7, 11) is 0. The smallest absolute Gasteiger partial charge is 0.156 e. The fourth-order valence-electron chi connectivity index (χ4n) is 2.70. The lowest BCUT2D eigenvalue weighted by Crippen LogP contribution is -2.39. The summed E-state index contributed by atoms with van der Waals surface area (Å²) in [5, 5.41) is 4.80. The molecule has 1 fully saturated rings. The zero-order valence-corrected chi connectivity index (χ0v) is 12.6. The minimum absolute atomic E-state index is 0.567. The minimum Gasteiger partial charge on any atom is -0.361 e. The lowest BCUT2D eigenvalue weighted by atomic mass is 9.89. The molecule has 1 unspecified atom stereocenters. The molecule has 1 saturated carbocycles. The molecular weight excluding hydrogens is 248 g/mol. The molecule has 1 spiro atoms. The molecule has 0 aromatic carbocycles. The lowest BCUT2D eigenvalue weighted by Gasteiger charge is -2.32. The van der Waals surface area contributed by atoms with Crippen molar-refractivity contribution in [1.29, 1.82) is 0 Å². The minimum atomic E-state index is 0.567. The molecule has 1 N–H and O–H groups in total. The highest BCUT2D eigenvalue weighted by atomic mass is 32.2. The highest BCUT2D eigenvalue weighted by Gasteiger charge is 2.36. The van der Waals surface area contributed by atoms with Gasteiger partial charge in [0.1, 0.15) is 0 Å². The van der Waals surface area contributed by atoms with Crippen molar-refractivity contribution in [2.24, 2.45) is 10.4 Å². The predicted molar refractivity (Wildman–Crippen MR) is 81.3 cm³/mol. The zero-order valence-electron chi connectivity index (χ0n) is 11.0. The van der Waals surface area contributed by atoms with Crippen molar-refractivity contribution < 1.29 is 0 Å². The maximum absolute atomic E-state index is 4.79. The first-order valence-corrected chi connectivity index (χ1v) is 9.09. The van der Waals surface area contributed by atoms with Crippen molar-refractivity contribution in [3.05, 3.63) is 0 Å². The molecule has 2 aliphatic rings. The molecule has 0 bridgehead atoms. The van der Waals surface area contributed by atoms with Gasteiger partial charge in [0.05, 0.1) is 0 Å². The molecular formula is C13H24N2S2. The molecule has 0 amide bonds. The van der Waals surface area contributed by atoms with Gasteiger partial charge in [0.25, 0.3) is 0 Å². The van der Waals surface area contributed by atoms with Crippen LogP contribution in [0.5, 0.6) is 0 Å². The van der Waals surface area contributed by atoms with E-state index in [2.05, 4.69) is 18.5 Å². The fraction of sp³-hybridized carbons (Fsp3) is 0.923. The number of nitrogens with one attached hydrogen (secondary N) is 1. The second kappa shape index (κ2) is 6.37. The second-order valence-electron chi connectivity index (χ2n) is 5.32. The molecule has 2 rings (SSSR count). The first-order chi connectivity index (χ1) is 8.28. The number of amidine groups is 1. The standard InChI is InChI=1S/C13H24N2S2/c1-3-11(8-16-2)15-12-14-9-13(10-17-12)6-4-5-7-13/h11H,3-10H2,1-2H3,(H,14,15). The highest BCUT2D eigenvalue weighted by molar-refractivity contribution is 8.13. The lowest BCUT2D eigenvalue weighted by molar-refractivity contribution is 0.358. The summed E-state index contributed by atoms with van der Waals surface area (Å²) >= 11 is 3.87. The van der Waals surface area contributed by atoms with E-state index in [1.807, 2.05) is 23.5 Å². The van der Waals surface area contributed by atoms with Gasteiger partial charge in [-0.25, -0.2) is 0 Å². The molecule has 1 atom stereocenters. The Kier molecular flexibility index (Phi) is 5.10. The average Bonchev–Trinajstić information content (AvgIpc) is 2.80. The van der Waals surface area contributed by atoms with Gasteiger partial charge < -0.3 is 5.32 Å². The van der Waals surface area contributed by atoms with Crippen molar-refractivity contribution in [2.75, 3.05) is 24.3 Å². The summed E-state index contributed by atoms with van der Waals surface area (Å²) < 4.78 is 0. The normalized spacial score (nSPS) is 24.7. The topological polar surface area (TPSA) is 24.4 Å². The summed E-state index contributed by atoms with van der Waals surface area (Å²) in [6.45, 7) is 3.32. The van der Waals surface area contributed by atoms with Gasteiger partial charge in [-0.05, 0) is 30.9 Å². The van der Waals surface area contributed by atoms with E-state index in [0.717, 1.165) is 6.54 Å². The van der Waals surface area contributed by atoms with E-state index in [4.69, 9.17) is 4.99 Å². The van der Waals surface area contributed by atoms with Crippen LogP contribution in [0.3, 0.4) is 0 Å². The second-order valence-corrected chi connectivity index (χ2v) is 7.20. The van der Waals surface area contributed by atoms with Crippen LogP contribution < -0.4 is 5.32 Å². The van der Waals surface area contributed by atoms with Gasteiger partial charge in [0.2, 0.25) is 0 Å². The van der Waals surface area contributed by atoms with E-state index in [1.54, 1.807) is 0 Å². The molecule has 98 valence electrons. The van der Waals surface area contributed by atoms with Crippen molar-refractivity contribution in [2.45, 2.75) is 45.1 Å². The van der Waals surface area contributed by atoms with Crippen LogP contribution in [-0.2, 0) is 0 Å². The van der Waals surface area contributed by atoms with Gasteiger partial charge in [0.15, 0.2) is 5.17 Å². The Morgan fingerprint density at radius 2 is 2.24 bits per heavy atom. The fourth-order valence-corrected chi connectivity index (χ4v) is 4.65. The van der Waals surface area contributed by atoms with Crippen molar-refractivity contribution in [3.63, 3.8) is 0 Å². The first kappa shape index (κ1) is 13.6. The van der Waals surface area contributed by atoms with E-state index >= 15 is 0 Å². The Labute approximate surface area is 114 Å². The third-order valence-electron chi connectivity index (χ3n) is 3.93. The number of nitrogens with zero attached hydrogens (tertiary/aromatic N) is 1. The van der Waals surface area contributed by atoms with Gasteiger partial charge in [-0.15, -0.1) is 0 Å². The van der Waals surface area contributed by atoms with Gasteiger partial charge in [-0.1, -0.05) is 31.5 Å². The average molecular weight is 272 g/mol. The maximum atomic E-state index is 4.79. The Balaban J connectivity index is 1.85. The molecule has 2 nitrogen and oxygen atoms in total. The molecule has 17 heavy (non-hydrogen) atoms. The number of hydrogen-bond acceptors (Lipinski definition) is 4. The van der Waals surface area contributed by atoms with Crippen LogP contribution in [-0.4, -0.2) is 35.5 Å². The Morgan fingerprint density at radius 1 is 1.47 bits per heavy atom. The monoisotopic (exact) mass is 272 g/mol. The molecule has 0 saturated heterocycles. The van der Waals surface area contributed by atoms with Gasteiger partial charge >= 0.3 is 0 Å². The van der Waals surface area contributed by atoms with Crippen LogP contribution in [0.15, 0.2) is 4.99 Å². The predicted octanol–water partition coefficient (Wildman–Crippen LogP) is 3.38.